The van der Waals surface area contributed by atoms with Gasteiger partial charge in [-0.2, -0.15) is 5.10 Å². The molecule has 2 aromatic heterocycles. The van der Waals surface area contributed by atoms with Gasteiger partial charge in [-0.1, -0.05) is 19.9 Å². The van der Waals surface area contributed by atoms with E-state index in [9.17, 15) is 4.39 Å². The van der Waals surface area contributed by atoms with Crippen LogP contribution < -0.4 is 10.6 Å². The number of allylic oxidation sites excluding steroid dienone is 1. The van der Waals surface area contributed by atoms with Gasteiger partial charge in [0.2, 0.25) is 0 Å². The van der Waals surface area contributed by atoms with Gasteiger partial charge in [-0.15, -0.1) is 0 Å². The fraction of sp³-hybridized carbons (Fsp3) is 0.440. The predicted octanol–water partition coefficient (Wildman–Crippen LogP) is 5.65. The maximum Gasteiger partial charge on any atom is 0.133 e. The van der Waals surface area contributed by atoms with E-state index in [-0.39, 0.29) is 5.82 Å². The monoisotopic (exact) mass is 421 g/mol. The summed E-state index contributed by atoms with van der Waals surface area (Å²) in [7, 11) is 1.85. The number of nitrogens with zero attached hydrogens (tertiary/aromatic N) is 3. The summed E-state index contributed by atoms with van der Waals surface area (Å²) in [6.45, 7) is 7.62. The highest BCUT2D eigenvalue weighted by atomic mass is 19.1. The Kier molecular flexibility index (Phi) is 6.66. The second-order valence-corrected chi connectivity index (χ2v) is 8.66. The van der Waals surface area contributed by atoms with E-state index in [4.69, 9.17) is 0 Å². The Morgan fingerprint density at radius 2 is 1.97 bits per heavy atom. The minimum atomic E-state index is -0.275. The number of pyridine rings is 1. The molecule has 0 spiro atoms. The molecule has 0 bridgehead atoms. The van der Waals surface area contributed by atoms with E-state index in [0.717, 1.165) is 41.6 Å². The second kappa shape index (κ2) is 9.60. The molecule has 0 amide bonds. The molecule has 2 heterocycles. The number of hydrogen-bond donors (Lipinski definition) is 2. The first-order valence-electron chi connectivity index (χ1n) is 11.3. The zero-order chi connectivity index (χ0) is 21.8. The van der Waals surface area contributed by atoms with Gasteiger partial charge in [0.05, 0.1) is 6.20 Å². The zero-order valence-corrected chi connectivity index (χ0v) is 18.5. The summed E-state index contributed by atoms with van der Waals surface area (Å²) in [4.78, 5) is 4.43. The molecule has 1 fully saturated rings. The van der Waals surface area contributed by atoms with Gasteiger partial charge in [-0.05, 0) is 73.7 Å². The molecular weight excluding hydrogens is 389 g/mol. The number of anilines is 1. The van der Waals surface area contributed by atoms with Crippen molar-refractivity contribution in [3.8, 4) is 11.1 Å². The van der Waals surface area contributed by atoms with E-state index in [0.29, 0.717) is 23.2 Å². The van der Waals surface area contributed by atoms with Crippen molar-refractivity contribution in [1.82, 2.24) is 20.1 Å². The molecule has 31 heavy (non-hydrogen) atoms. The van der Waals surface area contributed by atoms with Crippen LogP contribution in [0.2, 0.25) is 0 Å². The van der Waals surface area contributed by atoms with Crippen molar-refractivity contribution >= 4 is 16.6 Å². The third-order valence-corrected chi connectivity index (χ3v) is 6.30. The number of unbranched alkanes of at least 4 members (excludes halogenated alkanes) is 1. The fourth-order valence-corrected chi connectivity index (χ4v) is 4.41. The predicted molar refractivity (Wildman–Crippen MR) is 125 cm³/mol. The minimum Gasteiger partial charge on any atom is -0.344 e. The van der Waals surface area contributed by atoms with E-state index in [2.05, 4.69) is 34.2 Å². The Morgan fingerprint density at radius 1 is 1.16 bits per heavy atom. The standard InChI is InChI=1S/C25H32FN5/c1-4-5-10-27-22-8-6-18(7-9-22)17(2)30-25-13-20-11-19(21-14-29-31(3)16-21)12-24(26)23(20)15-28-25/h11-16,18,22,27H,2,4-10H2,1,3H3,(H,28,30). The molecule has 5 nitrogen and oxygen atoms in total. The number of aromatic nitrogens is 3. The highest BCUT2D eigenvalue weighted by Gasteiger charge is 2.23. The lowest BCUT2D eigenvalue weighted by atomic mass is 9.84. The molecule has 6 heteroatoms. The van der Waals surface area contributed by atoms with Crippen LogP contribution in [-0.4, -0.2) is 27.4 Å². The van der Waals surface area contributed by atoms with Crippen LogP contribution in [0.15, 0.2) is 49.1 Å². The summed E-state index contributed by atoms with van der Waals surface area (Å²) in [6, 6.07) is 6.06. The van der Waals surface area contributed by atoms with Crippen LogP contribution in [0.5, 0.6) is 0 Å². The molecule has 0 aliphatic heterocycles. The molecule has 164 valence electrons. The van der Waals surface area contributed by atoms with Crippen LogP contribution in [0.25, 0.3) is 21.9 Å². The van der Waals surface area contributed by atoms with Gasteiger partial charge < -0.3 is 10.6 Å². The molecule has 0 unspecified atom stereocenters. The highest BCUT2D eigenvalue weighted by Crippen LogP contribution is 2.31. The molecule has 4 rings (SSSR count). The normalized spacial score (nSPS) is 18.9. The second-order valence-electron chi connectivity index (χ2n) is 8.66. The lowest BCUT2D eigenvalue weighted by Gasteiger charge is -2.30. The van der Waals surface area contributed by atoms with Crippen LogP contribution in [-0.2, 0) is 7.05 Å². The summed E-state index contributed by atoms with van der Waals surface area (Å²) in [5, 5.41) is 12.6. The van der Waals surface area contributed by atoms with Crippen molar-refractivity contribution in [2.45, 2.75) is 51.5 Å². The molecule has 1 aliphatic rings. The average molecular weight is 422 g/mol. The lowest BCUT2D eigenvalue weighted by molar-refractivity contribution is 0.319. The molecule has 0 radical (unpaired) electrons. The van der Waals surface area contributed by atoms with Gasteiger partial charge in [0, 0.05) is 42.1 Å². The van der Waals surface area contributed by atoms with Gasteiger partial charge in [0.1, 0.15) is 11.6 Å². The Bertz CT molecular complexity index is 1050. The topological polar surface area (TPSA) is 54.8 Å². The fourth-order valence-electron chi connectivity index (χ4n) is 4.41. The van der Waals surface area contributed by atoms with E-state index in [1.54, 1.807) is 23.1 Å². The largest absolute Gasteiger partial charge is 0.344 e. The number of rotatable bonds is 8. The van der Waals surface area contributed by atoms with E-state index in [1.165, 1.54) is 25.7 Å². The van der Waals surface area contributed by atoms with Crippen molar-refractivity contribution in [2.75, 3.05) is 11.9 Å². The lowest BCUT2D eigenvalue weighted by Crippen LogP contribution is -2.34. The first-order chi connectivity index (χ1) is 15.0. The molecule has 0 saturated heterocycles. The first kappa shape index (κ1) is 21.5. The Hall–Kier alpha value is -2.73. The molecule has 1 aliphatic carbocycles. The van der Waals surface area contributed by atoms with Gasteiger partial charge >= 0.3 is 0 Å². The first-order valence-corrected chi connectivity index (χ1v) is 11.3. The van der Waals surface area contributed by atoms with Gasteiger partial charge in [-0.3, -0.25) is 4.68 Å². The van der Waals surface area contributed by atoms with Crippen molar-refractivity contribution in [2.24, 2.45) is 13.0 Å². The van der Waals surface area contributed by atoms with Crippen LogP contribution in [0.3, 0.4) is 0 Å². The quantitative estimate of drug-likeness (QED) is 0.462. The Morgan fingerprint density at radius 3 is 2.68 bits per heavy atom. The molecule has 1 aromatic carbocycles. The summed E-state index contributed by atoms with van der Waals surface area (Å²) >= 11 is 0. The van der Waals surface area contributed by atoms with Gasteiger partial charge in [0.25, 0.3) is 0 Å². The molecule has 3 aromatic rings. The maximum atomic E-state index is 14.7. The summed E-state index contributed by atoms with van der Waals surface area (Å²) in [6.07, 6.45) is 12.3. The van der Waals surface area contributed by atoms with Gasteiger partial charge in [0.15, 0.2) is 0 Å². The number of aryl methyl sites for hydroxylation is 1. The number of benzene rings is 1. The molecule has 0 atom stereocenters. The Balaban J connectivity index is 1.43. The van der Waals surface area contributed by atoms with Crippen molar-refractivity contribution in [1.29, 1.82) is 0 Å². The third-order valence-electron chi connectivity index (χ3n) is 6.30. The molecule has 1 saturated carbocycles. The minimum absolute atomic E-state index is 0.275. The van der Waals surface area contributed by atoms with E-state index >= 15 is 0 Å². The molecular formula is C25H32FN5. The van der Waals surface area contributed by atoms with Crippen LogP contribution in [0, 0.1) is 11.7 Å². The number of nitrogens with one attached hydrogen (secondary N) is 2. The smallest absolute Gasteiger partial charge is 0.133 e. The highest BCUT2D eigenvalue weighted by molar-refractivity contribution is 5.89. The van der Waals surface area contributed by atoms with Crippen molar-refractivity contribution in [3.63, 3.8) is 0 Å². The summed E-state index contributed by atoms with van der Waals surface area (Å²) < 4.78 is 16.4. The van der Waals surface area contributed by atoms with Crippen molar-refractivity contribution < 1.29 is 4.39 Å². The number of halogens is 1. The maximum absolute atomic E-state index is 14.7. The zero-order valence-electron chi connectivity index (χ0n) is 18.5. The number of hydrogen-bond acceptors (Lipinski definition) is 4. The molecule has 2 N–H and O–H groups in total. The third kappa shape index (κ3) is 5.13. The summed E-state index contributed by atoms with van der Waals surface area (Å²) in [5.41, 5.74) is 2.70. The Labute approximate surface area is 183 Å². The average Bonchev–Trinajstić information content (AvgIpc) is 3.20. The summed E-state index contributed by atoms with van der Waals surface area (Å²) in [5.74, 6) is 0.881. The van der Waals surface area contributed by atoms with E-state index in [1.807, 2.05) is 25.4 Å². The van der Waals surface area contributed by atoms with E-state index < -0.39 is 0 Å². The van der Waals surface area contributed by atoms with Crippen LogP contribution >= 0.6 is 0 Å². The van der Waals surface area contributed by atoms with Crippen LogP contribution in [0.4, 0.5) is 10.2 Å². The number of fused-ring (bicyclic) bond motifs is 1. The van der Waals surface area contributed by atoms with Gasteiger partial charge in [-0.25, -0.2) is 9.37 Å². The SMILES string of the molecule is C=C(Nc1cc2cc(-c3cnn(C)c3)cc(F)c2cn1)C1CCC(NCCCC)CC1. The van der Waals surface area contributed by atoms with Crippen LogP contribution in [0.1, 0.15) is 45.4 Å². The van der Waals surface area contributed by atoms with Crippen molar-refractivity contribution in [3.05, 3.63) is 54.9 Å².